The molecule has 3 atom stereocenters. The van der Waals surface area contributed by atoms with Gasteiger partial charge < -0.3 is 20.1 Å². The minimum atomic E-state index is -1.21. The van der Waals surface area contributed by atoms with E-state index >= 15 is 0 Å². The molecule has 146 valence electrons. The lowest BCUT2D eigenvalue weighted by Gasteiger charge is -2.49. The quantitative estimate of drug-likeness (QED) is 0.763. The van der Waals surface area contributed by atoms with E-state index in [0.717, 1.165) is 16.8 Å². The number of fused-ring (bicyclic) bond motifs is 4. The number of benzene rings is 2. The molecule has 0 aliphatic carbocycles. The number of urea groups is 1. The second-order valence-corrected chi connectivity index (χ2v) is 7.45. The molecule has 3 N–H and O–H groups in total. The van der Waals surface area contributed by atoms with Crippen LogP contribution < -0.4 is 25.4 Å². The van der Waals surface area contributed by atoms with Crippen LogP contribution in [-0.2, 0) is 4.79 Å². The molecular weight excluding hydrogens is 358 g/mol. The Morgan fingerprint density at radius 3 is 2.75 bits per heavy atom. The lowest BCUT2D eigenvalue weighted by Crippen LogP contribution is -2.70. The number of ether oxygens (including phenoxy) is 2. The first-order chi connectivity index (χ1) is 13.3. The zero-order valence-electron chi connectivity index (χ0n) is 16.3. The molecule has 2 aromatic carbocycles. The van der Waals surface area contributed by atoms with Gasteiger partial charge in [0, 0.05) is 11.3 Å². The molecule has 3 amide bonds. The van der Waals surface area contributed by atoms with Crippen LogP contribution >= 0.6 is 0 Å². The summed E-state index contributed by atoms with van der Waals surface area (Å²) in [5.74, 6) is 0.173. The fourth-order valence-corrected chi connectivity index (χ4v) is 4.05. The lowest BCUT2D eigenvalue weighted by atomic mass is 9.79. The molecule has 2 heterocycles. The zero-order valence-corrected chi connectivity index (χ0v) is 16.3. The number of rotatable bonds is 3. The van der Waals surface area contributed by atoms with Crippen LogP contribution in [0.1, 0.15) is 29.7 Å². The second-order valence-electron chi connectivity index (χ2n) is 7.45. The van der Waals surface area contributed by atoms with Gasteiger partial charge in [-0.05, 0) is 38.5 Å². The minimum Gasteiger partial charge on any atom is -0.493 e. The number of para-hydroxylation sites is 1. The van der Waals surface area contributed by atoms with Crippen molar-refractivity contribution in [2.75, 3.05) is 12.4 Å². The highest BCUT2D eigenvalue weighted by Gasteiger charge is 2.56. The Kier molecular flexibility index (Phi) is 4.18. The third-order valence-electron chi connectivity index (χ3n) is 5.38. The normalized spacial score (nSPS) is 24.9. The third-order valence-corrected chi connectivity index (χ3v) is 5.38. The number of nitrogens with one attached hydrogen (secondary N) is 3. The van der Waals surface area contributed by atoms with Crippen LogP contribution in [0.5, 0.6) is 11.5 Å². The predicted molar refractivity (Wildman–Crippen MR) is 104 cm³/mol. The van der Waals surface area contributed by atoms with Crippen molar-refractivity contribution in [3.8, 4) is 11.5 Å². The maximum Gasteiger partial charge on any atom is 0.318 e. The van der Waals surface area contributed by atoms with Crippen molar-refractivity contribution in [2.24, 2.45) is 5.92 Å². The van der Waals surface area contributed by atoms with Crippen LogP contribution in [0.2, 0.25) is 0 Å². The SMILES string of the molecule is COc1cccc2c1O[C@]1(C)NC(=O)N[C@@H]2[C@@H]1C(=O)Nc1ccc(C)cc1C. The van der Waals surface area contributed by atoms with Gasteiger partial charge in [-0.2, -0.15) is 0 Å². The van der Waals surface area contributed by atoms with Gasteiger partial charge in [-0.15, -0.1) is 0 Å². The highest BCUT2D eigenvalue weighted by Crippen LogP contribution is 2.48. The maximum atomic E-state index is 13.3. The van der Waals surface area contributed by atoms with Gasteiger partial charge in [-0.1, -0.05) is 29.8 Å². The van der Waals surface area contributed by atoms with Gasteiger partial charge in [0.15, 0.2) is 17.2 Å². The first kappa shape index (κ1) is 18.2. The zero-order chi connectivity index (χ0) is 20.1. The average Bonchev–Trinajstić information content (AvgIpc) is 2.62. The number of carbonyl (C=O) groups excluding carboxylic acids is 2. The number of amides is 3. The monoisotopic (exact) mass is 381 g/mol. The van der Waals surface area contributed by atoms with E-state index in [1.165, 1.54) is 0 Å². The van der Waals surface area contributed by atoms with Crippen molar-refractivity contribution in [1.82, 2.24) is 10.6 Å². The van der Waals surface area contributed by atoms with Crippen LogP contribution in [0.25, 0.3) is 0 Å². The van der Waals surface area contributed by atoms with Crippen LogP contribution in [0.3, 0.4) is 0 Å². The molecule has 2 aliphatic rings. The Hall–Kier alpha value is -3.22. The van der Waals surface area contributed by atoms with E-state index in [2.05, 4.69) is 16.0 Å². The van der Waals surface area contributed by atoms with Crippen molar-refractivity contribution in [2.45, 2.75) is 32.5 Å². The van der Waals surface area contributed by atoms with Gasteiger partial charge in [0.1, 0.15) is 5.92 Å². The summed E-state index contributed by atoms with van der Waals surface area (Å²) in [7, 11) is 1.56. The van der Waals surface area contributed by atoms with E-state index in [9.17, 15) is 9.59 Å². The van der Waals surface area contributed by atoms with E-state index in [1.54, 1.807) is 20.1 Å². The molecule has 2 aromatic rings. The van der Waals surface area contributed by atoms with Gasteiger partial charge >= 0.3 is 6.03 Å². The molecule has 0 saturated carbocycles. The van der Waals surface area contributed by atoms with E-state index < -0.39 is 17.7 Å². The fraction of sp³-hybridized carbons (Fsp3) is 0.333. The largest absolute Gasteiger partial charge is 0.493 e. The maximum absolute atomic E-state index is 13.3. The Morgan fingerprint density at radius 2 is 2.04 bits per heavy atom. The van der Waals surface area contributed by atoms with Gasteiger partial charge in [-0.25, -0.2) is 4.79 Å². The molecule has 7 nitrogen and oxygen atoms in total. The summed E-state index contributed by atoms with van der Waals surface area (Å²) >= 11 is 0. The van der Waals surface area contributed by atoms with Crippen molar-refractivity contribution >= 4 is 17.6 Å². The first-order valence-electron chi connectivity index (χ1n) is 9.15. The smallest absolute Gasteiger partial charge is 0.318 e. The Morgan fingerprint density at radius 1 is 1.25 bits per heavy atom. The van der Waals surface area contributed by atoms with E-state index in [1.807, 2.05) is 44.2 Å². The minimum absolute atomic E-state index is 0.236. The number of carbonyl (C=O) groups is 2. The second kappa shape index (κ2) is 6.44. The summed E-state index contributed by atoms with van der Waals surface area (Å²) in [6, 6.07) is 10.4. The van der Waals surface area contributed by atoms with Crippen LogP contribution in [0, 0.1) is 19.8 Å². The van der Waals surface area contributed by atoms with E-state index in [0.29, 0.717) is 17.1 Å². The van der Waals surface area contributed by atoms with Crippen LogP contribution in [-0.4, -0.2) is 24.8 Å². The lowest BCUT2D eigenvalue weighted by molar-refractivity contribution is -0.133. The van der Waals surface area contributed by atoms with Gasteiger partial charge in [0.05, 0.1) is 13.2 Å². The number of hydrogen-bond donors (Lipinski definition) is 3. The van der Waals surface area contributed by atoms with Gasteiger partial charge in [-0.3, -0.25) is 10.1 Å². The van der Waals surface area contributed by atoms with Gasteiger partial charge in [0.2, 0.25) is 5.91 Å². The molecular formula is C21H23N3O4. The molecule has 2 bridgehead atoms. The number of aryl methyl sites for hydroxylation is 2. The average molecular weight is 381 g/mol. The molecule has 0 aromatic heterocycles. The predicted octanol–water partition coefficient (Wildman–Crippen LogP) is 3.03. The summed E-state index contributed by atoms with van der Waals surface area (Å²) in [5.41, 5.74) is 2.33. The van der Waals surface area contributed by atoms with Crippen molar-refractivity contribution in [3.05, 3.63) is 53.1 Å². The third kappa shape index (κ3) is 2.83. The van der Waals surface area contributed by atoms with E-state index in [-0.39, 0.29) is 11.9 Å². The highest BCUT2D eigenvalue weighted by atomic mass is 16.5. The molecule has 7 heteroatoms. The highest BCUT2D eigenvalue weighted by molar-refractivity contribution is 5.96. The Labute approximate surface area is 163 Å². The topological polar surface area (TPSA) is 88.7 Å². The summed E-state index contributed by atoms with van der Waals surface area (Å²) < 4.78 is 11.5. The molecule has 2 aliphatic heterocycles. The number of methoxy groups -OCH3 is 1. The number of hydrogen-bond acceptors (Lipinski definition) is 4. The molecule has 0 unspecified atom stereocenters. The summed E-state index contributed by atoms with van der Waals surface area (Å²) in [6.45, 7) is 5.66. The summed E-state index contributed by atoms with van der Waals surface area (Å²) in [6.07, 6.45) is 0. The fourth-order valence-electron chi connectivity index (χ4n) is 4.05. The van der Waals surface area contributed by atoms with Crippen molar-refractivity contribution in [3.63, 3.8) is 0 Å². The van der Waals surface area contributed by atoms with Crippen molar-refractivity contribution < 1.29 is 19.1 Å². The standard InChI is InChI=1S/C21H23N3O4/c1-11-8-9-14(12(2)10-11)22-19(25)16-17-13-6-5-7-15(27-4)18(13)28-21(16,3)24-20(26)23-17/h5-10,16-17H,1-4H3,(H,22,25)(H2,23,24,26)/t16-,17+,21+/m1/s1. The molecule has 0 spiro atoms. The summed E-state index contributed by atoms with van der Waals surface area (Å²) in [5, 5.41) is 8.64. The van der Waals surface area contributed by atoms with Crippen LogP contribution in [0.15, 0.2) is 36.4 Å². The Balaban J connectivity index is 1.74. The van der Waals surface area contributed by atoms with Gasteiger partial charge in [0.25, 0.3) is 0 Å². The number of anilines is 1. The van der Waals surface area contributed by atoms with Crippen molar-refractivity contribution in [1.29, 1.82) is 0 Å². The first-order valence-corrected chi connectivity index (χ1v) is 9.15. The molecule has 0 radical (unpaired) electrons. The molecule has 1 fully saturated rings. The van der Waals surface area contributed by atoms with Crippen LogP contribution in [0.4, 0.5) is 10.5 Å². The summed E-state index contributed by atoms with van der Waals surface area (Å²) in [4.78, 5) is 25.5. The molecule has 28 heavy (non-hydrogen) atoms. The molecule has 4 rings (SSSR count). The Bertz CT molecular complexity index is 974. The van der Waals surface area contributed by atoms with E-state index in [4.69, 9.17) is 9.47 Å². The molecule has 1 saturated heterocycles.